The van der Waals surface area contributed by atoms with Gasteiger partial charge in [-0.3, -0.25) is 4.79 Å². The first kappa shape index (κ1) is 14.6. The average molecular weight is 253 g/mol. The highest BCUT2D eigenvalue weighted by Gasteiger charge is 2.20. The second kappa shape index (κ2) is 6.50. The van der Waals surface area contributed by atoms with Gasteiger partial charge in [0.25, 0.3) is 0 Å². The molecule has 1 rings (SSSR count). The molecule has 0 aliphatic carbocycles. The van der Waals surface area contributed by atoms with E-state index in [-0.39, 0.29) is 17.2 Å². The van der Waals surface area contributed by atoms with Crippen molar-refractivity contribution in [2.75, 3.05) is 20.2 Å². The molecule has 0 aliphatic rings. The van der Waals surface area contributed by atoms with Crippen LogP contribution in [-0.4, -0.2) is 26.2 Å². The molecule has 0 unspecified atom stereocenters. The molecular weight excluding hydrogens is 233 g/mol. The summed E-state index contributed by atoms with van der Waals surface area (Å²) in [5.74, 6) is -0.449. The molecule has 0 aliphatic heterocycles. The molecule has 0 spiro atoms. The van der Waals surface area contributed by atoms with E-state index in [1.165, 1.54) is 19.2 Å². The number of rotatable bonds is 6. The molecule has 0 amide bonds. The first-order chi connectivity index (χ1) is 8.45. The zero-order chi connectivity index (χ0) is 13.6. The summed E-state index contributed by atoms with van der Waals surface area (Å²) >= 11 is 0. The third kappa shape index (κ3) is 4.45. The molecule has 0 fully saturated rings. The molecule has 0 aromatic heterocycles. The summed E-state index contributed by atoms with van der Waals surface area (Å²) in [6.07, 6.45) is 0.357. The number of carbonyl (C=O) groups excluding carboxylic acids is 1. The molecule has 1 aromatic rings. The van der Waals surface area contributed by atoms with E-state index in [1.807, 2.05) is 0 Å². The van der Waals surface area contributed by atoms with Crippen molar-refractivity contribution in [3.05, 3.63) is 35.6 Å². The van der Waals surface area contributed by atoms with E-state index in [0.717, 1.165) is 12.1 Å². The van der Waals surface area contributed by atoms with Gasteiger partial charge >= 0.3 is 5.97 Å². The maximum atomic E-state index is 12.8. The fourth-order valence-electron chi connectivity index (χ4n) is 1.70. The van der Waals surface area contributed by atoms with Crippen molar-refractivity contribution in [1.29, 1.82) is 0 Å². The number of hydrogen-bond acceptors (Lipinski definition) is 3. The Bertz CT molecular complexity index is 387. The summed E-state index contributed by atoms with van der Waals surface area (Å²) in [6.45, 7) is 5.45. The topological polar surface area (TPSA) is 38.3 Å². The minimum absolute atomic E-state index is 0.107. The Kier molecular flexibility index (Phi) is 5.28. The molecule has 1 N–H and O–H groups in total. The Morgan fingerprint density at radius 3 is 2.50 bits per heavy atom. The molecule has 1 aromatic carbocycles. The van der Waals surface area contributed by atoms with Crippen molar-refractivity contribution in [3.63, 3.8) is 0 Å². The number of halogens is 1. The zero-order valence-corrected chi connectivity index (χ0v) is 11.1. The molecule has 0 atom stereocenters. The number of nitrogens with one attached hydrogen (secondary N) is 1. The monoisotopic (exact) mass is 253 g/mol. The van der Waals surface area contributed by atoms with Crippen molar-refractivity contribution < 1.29 is 13.9 Å². The van der Waals surface area contributed by atoms with Crippen LogP contribution in [0.4, 0.5) is 4.39 Å². The highest BCUT2D eigenvalue weighted by molar-refractivity contribution is 5.69. The van der Waals surface area contributed by atoms with Crippen LogP contribution in [0, 0.1) is 5.82 Å². The number of hydrogen-bond donors (Lipinski definition) is 1. The summed E-state index contributed by atoms with van der Waals surface area (Å²) in [4.78, 5) is 10.9. The van der Waals surface area contributed by atoms with Gasteiger partial charge in [0.1, 0.15) is 5.82 Å². The van der Waals surface area contributed by atoms with Crippen LogP contribution in [0.5, 0.6) is 0 Å². The predicted octanol–water partition coefficient (Wildman–Crippen LogP) is 2.26. The predicted molar refractivity (Wildman–Crippen MR) is 68.9 cm³/mol. The summed E-state index contributed by atoms with van der Waals surface area (Å²) in [5.41, 5.74) is 0.957. The zero-order valence-electron chi connectivity index (χ0n) is 11.1. The van der Waals surface area contributed by atoms with E-state index in [1.54, 1.807) is 12.1 Å². The van der Waals surface area contributed by atoms with Crippen molar-refractivity contribution >= 4 is 5.97 Å². The van der Waals surface area contributed by atoms with Crippen LogP contribution < -0.4 is 5.32 Å². The third-order valence-corrected chi connectivity index (χ3v) is 2.93. The van der Waals surface area contributed by atoms with Crippen LogP contribution in [0.15, 0.2) is 24.3 Å². The van der Waals surface area contributed by atoms with Crippen LogP contribution in [0.3, 0.4) is 0 Å². The Hall–Kier alpha value is -1.42. The van der Waals surface area contributed by atoms with Crippen molar-refractivity contribution in [3.8, 4) is 0 Å². The highest BCUT2D eigenvalue weighted by atomic mass is 19.1. The maximum Gasteiger partial charge on any atom is 0.306 e. The van der Waals surface area contributed by atoms with Gasteiger partial charge in [0, 0.05) is 18.5 Å². The molecule has 18 heavy (non-hydrogen) atoms. The summed E-state index contributed by atoms with van der Waals surface area (Å²) < 4.78 is 17.4. The van der Waals surface area contributed by atoms with E-state index in [4.69, 9.17) is 0 Å². The minimum atomic E-state index is -0.229. The lowest BCUT2D eigenvalue weighted by atomic mass is 9.84. The normalized spacial score (nSPS) is 11.3. The third-order valence-electron chi connectivity index (χ3n) is 2.93. The van der Waals surface area contributed by atoms with Gasteiger partial charge < -0.3 is 10.1 Å². The van der Waals surface area contributed by atoms with Crippen LogP contribution in [0.25, 0.3) is 0 Å². The molecule has 0 heterocycles. The van der Waals surface area contributed by atoms with Crippen LogP contribution in [-0.2, 0) is 14.9 Å². The number of carbonyl (C=O) groups is 1. The molecule has 4 heteroatoms. The highest BCUT2D eigenvalue weighted by Crippen LogP contribution is 2.22. The van der Waals surface area contributed by atoms with Crippen LogP contribution in [0.2, 0.25) is 0 Å². The Balaban J connectivity index is 2.44. The lowest BCUT2D eigenvalue weighted by Gasteiger charge is -2.25. The van der Waals surface area contributed by atoms with Crippen LogP contribution in [0.1, 0.15) is 25.8 Å². The smallest absolute Gasteiger partial charge is 0.306 e. The summed E-state index contributed by atoms with van der Waals surface area (Å²) in [7, 11) is 1.38. The lowest BCUT2D eigenvalue weighted by molar-refractivity contribution is -0.140. The number of ether oxygens (including phenoxy) is 1. The van der Waals surface area contributed by atoms with Crippen molar-refractivity contribution in [1.82, 2.24) is 5.32 Å². The fourth-order valence-corrected chi connectivity index (χ4v) is 1.70. The Morgan fingerprint density at radius 2 is 1.94 bits per heavy atom. The van der Waals surface area contributed by atoms with E-state index in [0.29, 0.717) is 13.0 Å². The molecule has 0 saturated carbocycles. The van der Waals surface area contributed by atoms with Gasteiger partial charge in [0.05, 0.1) is 13.5 Å². The standard InChI is InChI=1S/C14H20FNO2/c1-14(2,10-16-9-8-13(17)18-3)11-4-6-12(15)7-5-11/h4-7,16H,8-10H2,1-3H3. The van der Waals surface area contributed by atoms with Gasteiger partial charge in [0.2, 0.25) is 0 Å². The van der Waals surface area contributed by atoms with Gasteiger partial charge in [-0.1, -0.05) is 26.0 Å². The van der Waals surface area contributed by atoms with Crippen molar-refractivity contribution in [2.24, 2.45) is 0 Å². The van der Waals surface area contributed by atoms with Crippen LogP contribution >= 0.6 is 0 Å². The number of esters is 1. The lowest BCUT2D eigenvalue weighted by Crippen LogP contribution is -2.34. The van der Waals surface area contributed by atoms with Gasteiger partial charge in [-0.05, 0) is 17.7 Å². The fraction of sp³-hybridized carbons (Fsp3) is 0.500. The van der Waals surface area contributed by atoms with Gasteiger partial charge in [-0.15, -0.1) is 0 Å². The first-order valence-corrected chi connectivity index (χ1v) is 5.99. The average Bonchev–Trinajstić information content (AvgIpc) is 2.35. The molecular formula is C14H20FNO2. The van der Waals surface area contributed by atoms with E-state index >= 15 is 0 Å². The number of methoxy groups -OCH3 is 1. The van der Waals surface area contributed by atoms with Gasteiger partial charge in [0.15, 0.2) is 0 Å². The molecule has 3 nitrogen and oxygen atoms in total. The second-order valence-electron chi connectivity index (χ2n) is 4.89. The van der Waals surface area contributed by atoms with E-state index in [9.17, 15) is 9.18 Å². The Labute approximate surface area is 107 Å². The summed E-state index contributed by atoms with van der Waals surface area (Å²) in [5, 5.41) is 3.21. The summed E-state index contributed by atoms with van der Waals surface area (Å²) in [6, 6.07) is 6.51. The quantitative estimate of drug-likeness (QED) is 0.624. The molecule has 0 saturated heterocycles. The van der Waals surface area contributed by atoms with Gasteiger partial charge in [-0.2, -0.15) is 0 Å². The minimum Gasteiger partial charge on any atom is -0.469 e. The second-order valence-corrected chi connectivity index (χ2v) is 4.89. The molecule has 0 radical (unpaired) electrons. The van der Waals surface area contributed by atoms with E-state index < -0.39 is 0 Å². The SMILES string of the molecule is COC(=O)CCNCC(C)(C)c1ccc(F)cc1. The Morgan fingerprint density at radius 1 is 1.33 bits per heavy atom. The first-order valence-electron chi connectivity index (χ1n) is 5.99. The number of benzene rings is 1. The van der Waals surface area contributed by atoms with E-state index in [2.05, 4.69) is 23.9 Å². The van der Waals surface area contributed by atoms with Crippen molar-refractivity contribution in [2.45, 2.75) is 25.7 Å². The maximum absolute atomic E-state index is 12.8. The molecule has 0 bridgehead atoms. The largest absolute Gasteiger partial charge is 0.469 e. The molecule has 100 valence electrons. The van der Waals surface area contributed by atoms with Gasteiger partial charge in [-0.25, -0.2) is 4.39 Å².